The van der Waals surface area contributed by atoms with E-state index in [1.54, 1.807) is 24.5 Å². The second-order valence-corrected chi connectivity index (χ2v) is 8.49. The summed E-state index contributed by atoms with van der Waals surface area (Å²) in [6.45, 7) is 0.611. The monoisotopic (exact) mass is 479 g/mol. The third-order valence-electron chi connectivity index (χ3n) is 4.92. The molecule has 0 spiro atoms. The smallest absolute Gasteiger partial charge is 0.231 e. The van der Waals surface area contributed by atoms with Gasteiger partial charge in [-0.25, -0.2) is 0 Å². The summed E-state index contributed by atoms with van der Waals surface area (Å²) in [5.41, 5.74) is 2.65. The summed E-state index contributed by atoms with van der Waals surface area (Å²) < 4.78 is 12.6. The number of thioether (sulfide) groups is 1. The lowest BCUT2D eigenvalue weighted by Gasteiger charge is -2.11. The minimum Gasteiger partial charge on any atom is -0.454 e. The Morgan fingerprint density at radius 1 is 1.03 bits per heavy atom. The van der Waals surface area contributed by atoms with Crippen molar-refractivity contribution in [3.8, 4) is 28.6 Å². The average molecular weight is 480 g/mol. The molecule has 0 fully saturated rings. The van der Waals surface area contributed by atoms with Crippen LogP contribution in [-0.2, 0) is 11.3 Å². The standard InChI is InChI=1S/C23H18ClN5O3S/c24-17-2-4-18(5-3-17)29-22(16-7-9-25-10-8-16)27-28-23(29)33-13-21(30)26-12-15-1-6-19-20(11-15)32-14-31-19/h1-11H,12-14H2,(H,26,30). The summed E-state index contributed by atoms with van der Waals surface area (Å²) in [4.78, 5) is 16.6. The molecule has 0 saturated carbocycles. The van der Waals surface area contributed by atoms with Crippen LogP contribution in [0, 0.1) is 0 Å². The number of hydrogen-bond acceptors (Lipinski definition) is 7. The highest BCUT2D eigenvalue weighted by atomic mass is 35.5. The number of fused-ring (bicyclic) bond motifs is 1. The van der Waals surface area contributed by atoms with E-state index in [0.717, 1.165) is 16.8 Å². The van der Waals surface area contributed by atoms with Gasteiger partial charge in [-0.15, -0.1) is 10.2 Å². The summed E-state index contributed by atoms with van der Waals surface area (Å²) >= 11 is 7.38. The van der Waals surface area contributed by atoms with Crippen LogP contribution < -0.4 is 14.8 Å². The van der Waals surface area contributed by atoms with Crippen molar-refractivity contribution in [2.45, 2.75) is 11.7 Å². The summed E-state index contributed by atoms with van der Waals surface area (Å²) in [6.07, 6.45) is 3.40. The third kappa shape index (κ3) is 4.79. The lowest BCUT2D eigenvalue weighted by Crippen LogP contribution is -2.24. The lowest BCUT2D eigenvalue weighted by molar-refractivity contribution is -0.118. The molecular weight excluding hydrogens is 462 g/mol. The maximum Gasteiger partial charge on any atom is 0.231 e. The van der Waals surface area contributed by atoms with Gasteiger partial charge in [0.2, 0.25) is 12.7 Å². The molecule has 0 atom stereocenters. The van der Waals surface area contributed by atoms with E-state index in [1.165, 1.54) is 11.8 Å². The van der Waals surface area contributed by atoms with Gasteiger partial charge < -0.3 is 14.8 Å². The van der Waals surface area contributed by atoms with Crippen molar-refractivity contribution in [1.82, 2.24) is 25.1 Å². The van der Waals surface area contributed by atoms with E-state index in [9.17, 15) is 4.79 Å². The number of carbonyl (C=O) groups excluding carboxylic acids is 1. The van der Waals surface area contributed by atoms with Crippen LogP contribution in [0.4, 0.5) is 0 Å². The Kier molecular flexibility index (Phi) is 6.14. The molecular formula is C23H18ClN5O3S. The second-order valence-electron chi connectivity index (χ2n) is 7.11. The summed E-state index contributed by atoms with van der Waals surface area (Å²) in [6, 6.07) is 16.7. The first-order valence-electron chi connectivity index (χ1n) is 10.1. The molecule has 4 aromatic rings. The predicted molar refractivity (Wildman–Crippen MR) is 125 cm³/mol. The van der Waals surface area contributed by atoms with Crippen molar-refractivity contribution in [3.05, 3.63) is 77.6 Å². The van der Waals surface area contributed by atoms with Crippen LogP contribution in [-0.4, -0.2) is 38.2 Å². The van der Waals surface area contributed by atoms with Crippen molar-refractivity contribution in [3.63, 3.8) is 0 Å². The SMILES string of the molecule is O=C(CSc1nnc(-c2ccncc2)n1-c1ccc(Cl)cc1)NCc1ccc2c(c1)OCO2. The summed E-state index contributed by atoms with van der Waals surface area (Å²) in [5.74, 6) is 2.13. The molecule has 10 heteroatoms. The van der Waals surface area contributed by atoms with E-state index in [4.69, 9.17) is 21.1 Å². The zero-order valence-electron chi connectivity index (χ0n) is 17.3. The second kappa shape index (κ2) is 9.51. The number of rotatable bonds is 7. The molecule has 33 heavy (non-hydrogen) atoms. The highest BCUT2D eigenvalue weighted by Crippen LogP contribution is 2.32. The maximum absolute atomic E-state index is 12.5. The van der Waals surface area contributed by atoms with E-state index in [0.29, 0.717) is 34.0 Å². The van der Waals surface area contributed by atoms with Gasteiger partial charge in [0.25, 0.3) is 0 Å². The highest BCUT2D eigenvalue weighted by molar-refractivity contribution is 7.99. The number of nitrogens with zero attached hydrogens (tertiary/aromatic N) is 4. The number of hydrogen-bond donors (Lipinski definition) is 1. The molecule has 1 N–H and O–H groups in total. The van der Waals surface area contributed by atoms with Crippen LogP contribution in [0.25, 0.3) is 17.1 Å². The van der Waals surface area contributed by atoms with E-state index in [-0.39, 0.29) is 18.5 Å². The van der Waals surface area contributed by atoms with Crippen LogP contribution in [0.15, 0.2) is 72.1 Å². The Bertz CT molecular complexity index is 1280. The Hall–Kier alpha value is -3.56. The summed E-state index contributed by atoms with van der Waals surface area (Å²) in [5, 5.41) is 12.9. The molecule has 0 bridgehead atoms. The Balaban J connectivity index is 1.30. The quantitative estimate of drug-likeness (QED) is 0.399. The number of carbonyl (C=O) groups is 1. The van der Waals surface area contributed by atoms with Gasteiger partial charge in [-0.05, 0) is 54.1 Å². The molecule has 1 aliphatic rings. The van der Waals surface area contributed by atoms with Gasteiger partial charge >= 0.3 is 0 Å². The van der Waals surface area contributed by atoms with Gasteiger partial charge in [0, 0.05) is 35.2 Å². The van der Waals surface area contributed by atoms with Crippen LogP contribution in [0.3, 0.4) is 0 Å². The van der Waals surface area contributed by atoms with Crippen molar-refractivity contribution in [1.29, 1.82) is 0 Å². The van der Waals surface area contributed by atoms with E-state index >= 15 is 0 Å². The molecule has 8 nitrogen and oxygen atoms in total. The van der Waals surface area contributed by atoms with Gasteiger partial charge in [0.1, 0.15) is 0 Å². The van der Waals surface area contributed by atoms with Crippen molar-refractivity contribution >= 4 is 29.3 Å². The number of amides is 1. The molecule has 1 aliphatic heterocycles. The van der Waals surface area contributed by atoms with E-state index in [1.807, 2.05) is 47.0 Å². The van der Waals surface area contributed by atoms with Gasteiger partial charge in [-0.2, -0.15) is 0 Å². The third-order valence-corrected chi connectivity index (χ3v) is 6.10. The molecule has 0 saturated heterocycles. The zero-order valence-corrected chi connectivity index (χ0v) is 18.8. The fraction of sp³-hybridized carbons (Fsp3) is 0.130. The number of halogens is 1. The van der Waals surface area contributed by atoms with Gasteiger partial charge in [-0.1, -0.05) is 29.4 Å². The molecule has 0 aliphatic carbocycles. The Morgan fingerprint density at radius 3 is 2.64 bits per heavy atom. The number of ether oxygens (including phenoxy) is 2. The average Bonchev–Trinajstić information content (AvgIpc) is 3.49. The van der Waals surface area contributed by atoms with Gasteiger partial charge in [0.05, 0.1) is 5.75 Å². The Morgan fingerprint density at radius 2 is 1.82 bits per heavy atom. The fourth-order valence-corrected chi connectivity index (χ4v) is 4.21. The molecule has 3 heterocycles. The molecule has 0 radical (unpaired) electrons. The Labute approximate surface area is 198 Å². The normalized spacial score (nSPS) is 12.0. The molecule has 166 valence electrons. The number of aromatic nitrogens is 4. The topological polar surface area (TPSA) is 91.2 Å². The number of pyridine rings is 1. The zero-order chi connectivity index (χ0) is 22.6. The van der Waals surface area contributed by atoms with Crippen molar-refractivity contribution < 1.29 is 14.3 Å². The van der Waals surface area contributed by atoms with Gasteiger partial charge in [0.15, 0.2) is 22.5 Å². The lowest BCUT2D eigenvalue weighted by atomic mass is 10.2. The van der Waals surface area contributed by atoms with Crippen LogP contribution in [0.2, 0.25) is 5.02 Å². The van der Waals surface area contributed by atoms with Crippen LogP contribution in [0.1, 0.15) is 5.56 Å². The maximum atomic E-state index is 12.5. The van der Waals surface area contributed by atoms with Crippen molar-refractivity contribution in [2.24, 2.45) is 0 Å². The molecule has 2 aromatic carbocycles. The molecule has 5 rings (SSSR count). The fourth-order valence-electron chi connectivity index (χ4n) is 3.31. The largest absolute Gasteiger partial charge is 0.454 e. The summed E-state index contributed by atoms with van der Waals surface area (Å²) in [7, 11) is 0. The van der Waals surface area contributed by atoms with Gasteiger partial charge in [-0.3, -0.25) is 14.3 Å². The van der Waals surface area contributed by atoms with E-state index < -0.39 is 0 Å². The number of benzene rings is 2. The molecule has 2 aromatic heterocycles. The van der Waals surface area contributed by atoms with E-state index in [2.05, 4.69) is 20.5 Å². The first kappa shape index (κ1) is 21.3. The van der Waals surface area contributed by atoms with Crippen LogP contribution in [0.5, 0.6) is 11.5 Å². The first-order chi connectivity index (χ1) is 16.2. The first-order valence-corrected chi connectivity index (χ1v) is 11.4. The molecule has 0 unspecified atom stereocenters. The minimum atomic E-state index is -0.117. The van der Waals surface area contributed by atoms with Crippen molar-refractivity contribution in [2.75, 3.05) is 12.5 Å². The molecule has 1 amide bonds. The predicted octanol–water partition coefficient (Wildman–Crippen LogP) is 4.12. The number of nitrogens with one attached hydrogen (secondary N) is 1. The highest BCUT2D eigenvalue weighted by Gasteiger charge is 2.18. The minimum absolute atomic E-state index is 0.117. The van der Waals surface area contributed by atoms with Crippen LogP contribution >= 0.6 is 23.4 Å².